The van der Waals surface area contributed by atoms with E-state index in [1.807, 2.05) is 42.5 Å². The smallest absolute Gasteiger partial charge is 0.226 e. The number of benzene rings is 1. The highest BCUT2D eigenvalue weighted by atomic mass is 16.3. The molecule has 0 radical (unpaired) electrons. The lowest BCUT2D eigenvalue weighted by atomic mass is 10.1. The van der Waals surface area contributed by atoms with Crippen LogP contribution in [-0.2, 0) is 24.4 Å². The molecule has 0 aliphatic heterocycles. The van der Waals surface area contributed by atoms with E-state index in [0.29, 0.717) is 6.54 Å². The summed E-state index contributed by atoms with van der Waals surface area (Å²) >= 11 is 0. The second-order valence-electron chi connectivity index (χ2n) is 4.25. The summed E-state index contributed by atoms with van der Waals surface area (Å²) in [5.74, 6) is -0.0619. The van der Waals surface area contributed by atoms with E-state index in [2.05, 4.69) is 10.3 Å². The van der Waals surface area contributed by atoms with E-state index in [9.17, 15) is 4.79 Å². The summed E-state index contributed by atoms with van der Waals surface area (Å²) in [4.78, 5) is 15.8. The Morgan fingerprint density at radius 1 is 1.16 bits per heavy atom. The SMILES string of the molecule is O=C(Cc1ccccn1)NCc1cccc(CO)c1. The summed E-state index contributed by atoms with van der Waals surface area (Å²) in [5.41, 5.74) is 2.57. The van der Waals surface area contributed by atoms with E-state index < -0.39 is 0 Å². The van der Waals surface area contributed by atoms with Crippen LogP contribution in [0.4, 0.5) is 0 Å². The van der Waals surface area contributed by atoms with Crippen LogP contribution < -0.4 is 5.32 Å². The van der Waals surface area contributed by atoms with Crippen LogP contribution in [0.1, 0.15) is 16.8 Å². The first-order valence-corrected chi connectivity index (χ1v) is 6.13. The van der Waals surface area contributed by atoms with Crippen LogP contribution in [-0.4, -0.2) is 16.0 Å². The Labute approximate surface area is 112 Å². The van der Waals surface area contributed by atoms with Crippen molar-refractivity contribution in [1.29, 1.82) is 0 Å². The summed E-state index contributed by atoms with van der Waals surface area (Å²) in [6, 6.07) is 13.0. The number of hydrogen-bond acceptors (Lipinski definition) is 3. The summed E-state index contributed by atoms with van der Waals surface area (Å²) in [5, 5.41) is 11.9. The number of rotatable bonds is 5. The highest BCUT2D eigenvalue weighted by molar-refractivity contribution is 5.78. The molecule has 0 saturated carbocycles. The number of aliphatic hydroxyl groups is 1. The molecule has 0 atom stereocenters. The van der Waals surface area contributed by atoms with Gasteiger partial charge in [0.25, 0.3) is 0 Å². The molecule has 0 unspecified atom stereocenters. The second-order valence-corrected chi connectivity index (χ2v) is 4.25. The molecule has 4 nitrogen and oxygen atoms in total. The van der Waals surface area contributed by atoms with Crippen molar-refractivity contribution in [1.82, 2.24) is 10.3 Å². The molecule has 4 heteroatoms. The van der Waals surface area contributed by atoms with Gasteiger partial charge >= 0.3 is 0 Å². The predicted octanol–water partition coefficient (Wildman–Crippen LogP) is 1.43. The molecule has 19 heavy (non-hydrogen) atoms. The molecule has 1 aromatic heterocycles. The first-order chi connectivity index (χ1) is 9.28. The normalized spacial score (nSPS) is 10.2. The van der Waals surface area contributed by atoms with E-state index in [1.54, 1.807) is 6.20 Å². The van der Waals surface area contributed by atoms with Crippen molar-refractivity contribution in [3.8, 4) is 0 Å². The highest BCUT2D eigenvalue weighted by Crippen LogP contribution is 2.05. The van der Waals surface area contributed by atoms with Crippen LogP contribution in [0.25, 0.3) is 0 Å². The average molecular weight is 256 g/mol. The van der Waals surface area contributed by atoms with Gasteiger partial charge in [-0.15, -0.1) is 0 Å². The number of carbonyl (C=O) groups is 1. The Morgan fingerprint density at radius 3 is 2.74 bits per heavy atom. The van der Waals surface area contributed by atoms with Crippen molar-refractivity contribution < 1.29 is 9.90 Å². The van der Waals surface area contributed by atoms with Crippen molar-refractivity contribution in [3.63, 3.8) is 0 Å². The highest BCUT2D eigenvalue weighted by Gasteiger charge is 2.04. The number of aromatic nitrogens is 1. The Hall–Kier alpha value is -2.20. The number of aliphatic hydroxyl groups excluding tert-OH is 1. The van der Waals surface area contributed by atoms with Gasteiger partial charge in [-0.05, 0) is 23.3 Å². The number of hydrogen-bond donors (Lipinski definition) is 2. The van der Waals surface area contributed by atoms with Gasteiger partial charge in [0.2, 0.25) is 5.91 Å². The van der Waals surface area contributed by atoms with Crippen molar-refractivity contribution in [2.24, 2.45) is 0 Å². The maximum absolute atomic E-state index is 11.7. The molecule has 0 fully saturated rings. The summed E-state index contributed by atoms with van der Waals surface area (Å²) in [7, 11) is 0. The van der Waals surface area contributed by atoms with Gasteiger partial charge in [-0.3, -0.25) is 9.78 Å². The van der Waals surface area contributed by atoms with Gasteiger partial charge in [-0.25, -0.2) is 0 Å². The van der Waals surface area contributed by atoms with Crippen molar-refractivity contribution in [2.75, 3.05) is 0 Å². The number of nitrogens with one attached hydrogen (secondary N) is 1. The molecule has 1 heterocycles. The van der Waals surface area contributed by atoms with Gasteiger partial charge in [-0.2, -0.15) is 0 Å². The largest absolute Gasteiger partial charge is 0.392 e. The molecule has 2 N–H and O–H groups in total. The van der Waals surface area contributed by atoms with E-state index in [0.717, 1.165) is 16.8 Å². The fourth-order valence-electron chi connectivity index (χ4n) is 1.77. The summed E-state index contributed by atoms with van der Waals surface area (Å²) in [6.07, 6.45) is 1.95. The van der Waals surface area contributed by atoms with Gasteiger partial charge in [-0.1, -0.05) is 30.3 Å². The Balaban J connectivity index is 1.86. The lowest BCUT2D eigenvalue weighted by Crippen LogP contribution is -2.24. The van der Waals surface area contributed by atoms with E-state index in [-0.39, 0.29) is 18.9 Å². The monoisotopic (exact) mass is 256 g/mol. The summed E-state index contributed by atoms with van der Waals surface area (Å²) in [6.45, 7) is 0.467. The maximum atomic E-state index is 11.7. The van der Waals surface area contributed by atoms with Crippen LogP contribution in [0.2, 0.25) is 0 Å². The van der Waals surface area contributed by atoms with E-state index >= 15 is 0 Å². The minimum atomic E-state index is -0.0619. The molecule has 0 aliphatic rings. The lowest BCUT2D eigenvalue weighted by Gasteiger charge is -2.06. The molecule has 0 aliphatic carbocycles. The van der Waals surface area contributed by atoms with Gasteiger partial charge in [0, 0.05) is 18.4 Å². The average Bonchev–Trinajstić information content (AvgIpc) is 2.46. The maximum Gasteiger partial charge on any atom is 0.226 e. The second kappa shape index (κ2) is 6.66. The van der Waals surface area contributed by atoms with Crippen molar-refractivity contribution >= 4 is 5.91 Å². The minimum absolute atomic E-state index is 0.00964. The fraction of sp³-hybridized carbons (Fsp3) is 0.200. The molecule has 0 bridgehead atoms. The molecule has 2 rings (SSSR count). The first-order valence-electron chi connectivity index (χ1n) is 6.13. The quantitative estimate of drug-likeness (QED) is 0.850. The standard InChI is InChI=1S/C15H16N2O2/c18-11-13-5-3-4-12(8-13)10-17-15(19)9-14-6-1-2-7-16-14/h1-8,18H,9-11H2,(H,17,19). The molecule has 1 amide bonds. The third-order valence-corrected chi connectivity index (χ3v) is 2.73. The molecular weight excluding hydrogens is 240 g/mol. The fourth-order valence-corrected chi connectivity index (χ4v) is 1.77. The predicted molar refractivity (Wildman–Crippen MR) is 72.2 cm³/mol. The molecule has 2 aromatic rings. The number of nitrogens with zero attached hydrogens (tertiary/aromatic N) is 1. The van der Waals surface area contributed by atoms with E-state index in [4.69, 9.17) is 5.11 Å². The molecule has 1 aromatic carbocycles. The van der Waals surface area contributed by atoms with Crippen LogP contribution in [0.15, 0.2) is 48.7 Å². The minimum Gasteiger partial charge on any atom is -0.392 e. The number of amides is 1. The third kappa shape index (κ3) is 4.19. The van der Waals surface area contributed by atoms with Crippen LogP contribution in [0, 0.1) is 0 Å². The Bertz CT molecular complexity index is 541. The molecule has 98 valence electrons. The van der Waals surface area contributed by atoms with Crippen LogP contribution in [0.3, 0.4) is 0 Å². The van der Waals surface area contributed by atoms with Crippen LogP contribution in [0.5, 0.6) is 0 Å². The summed E-state index contributed by atoms with van der Waals surface area (Å²) < 4.78 is 0. The molecule has 0 spiro atoms. The zero-order chi connectivity index (χ0) is 13.5. The third-order valence-electron chi connectivity index (χ3n) is 2.73. The zero-order valence-electron chi connectivity index (χ0n) is 10.5. The Morgan fingerprint density at radius 2 is 2.00 bits per heavy atom. The van der Waals surface area contributed by atoms with Gasteiger partial charge in [0.1, 0.15) is 0 Å². The van der Waals surface area contributed by atoms with Crippen molar-refractivity contribution in [2.45, 2.75) is 19.6 Å². The Kier molecular flexibility index (Phi) is 4.64. The topological polar surface area (TPSA) is 62.2 Å². The molecular formula is C15H16N2O2. The number of pyridine rings is 1. The zero-order valence-corrected chi connectivity index (χ0v) is 10.5. The van der Waals surface area contributed by atoms with Gasteiger partial charge < -0.3 is 10.4 Å². The lowest BCUT2D eigenvalue weighted by molar-refractivity contribution is -0.120. The van der Waals surface area contributed by atoms with Gasteiger partial charge in [0.05, 0.1) is 13.0 Å². The van der Waals surface area contributed by atoms with Gasteiger partial charge in [0.15, 0.2) is 0 Å². The number of carbonyl (C=O) groups excluding carboxylic acids is 1. The first kappa shape index (κ1) is 13.2. The van der Waals surface area contributed by atoms with Crippen LogP contribution >= 0.6 is 0 Å². The van der Waals surface area contributed by atoms with Crippen molar-refractivity contribution in [3.05, 3.63) is 65.5 Å². The molecule has 0 saturated heterocycles. The van der Waals surface area contributed by atoms with E-state index in [1.165, 1.54) is 0 Å².